The van der Waals surface area contributed by atoms with Gasteiger partial charge in [-0.15, -0.1) is 0 Å². The van der Waals surface area contributed by atoms with Crippen LogP contribution in [0.1, 0.15) is 0 Å². The fraction of sp³-hybridized carbons (Fsp3) is 1.00. The highest BCUT2D eigenvalue weighted by atomic mass is 16.5. The van der Waals surface area contributed by atoms with E-state index in [9.17, 15) is 0 Å². The van der Waals surface area contributed by atoms with Crippen molar-refractivity contribution in [1.82, 2.24) is 5.32 Å². The molecule has 4 nitrogen and oxygen atoms in total. The zero-order valence-electron chi connectivity index (χ0n) is 5.79. The highest BCUT2D eigenvalue weighted by Crippen LogP contribution is 1.97. The normalized spacial score (nSPS) is 30.0. The van der Waals surface area contributed by atoms with Crippen molar-refractivity contribution in [3.63, 3.8) is 0 Å². The van der Waals surface area contributed by atoms with E-state index in [0.717, 1.165) is 6.54 Å². The molecule has 0 aromatic rings. The molecule has 4 heteroatoms. The number of ether oxygens (including phenoxy) is 1. The predicted octanol–water partition coefficient (Wildman–Crippen LogP) is -1.67. The summed E-state index contributed by atoms with van der Waals surface area (Å²) >= 11 is 0. The number of aliphatic hydroxyl groups is 2. The largest absolute Gasteiger partial charge is 0.394 e. The van der Waals surface area contributed by atoms with E-state index in [1.54, 1.807) is 0 Å². The Hall–Kier alpha value is -0.160. The molecular formula is C6H13NO3. The third-order valence-corrected chi connectivity index (χ3v) is 1.60. The Morgan fingerprint density at radius 2 is 2.50 bits per heavy atom. The lowest BCUT2D eigenvalue weighted by molar-refractivity contribution is -0.00435. The summed E-state index contributed by atoms with van der Waals surface area (Å²) in [5.41, 5.74) is 0. The molecule has 0 saturated carbocycles. The van der Waals surface area contributed by atoms with Crippen molar-refractivity contribution in [3.05, 3.63) is 0 Å². The van der Waals surface area contributed by atoms with Crippen LogP contribution in [0.3, 0.4) is 0 Å². The van der Waals surface area contributed by atoms with Gasteiger partial charge in [-0.05, 0) is 0 Å². The van der Waals surface area contributed by atoms with Crippen LogP contribution in [0.25, 0.3) is 0 Å². The van der Waals surface area contributed by atoms with Gasteiger partial charge in [-0.2, -0.15) is 0 Å². The first-order valence-corrected chi connectivity index (χ1v) is 3.44. The van der Waals surface area contributed by atoms with E-state index < -0.39 is 6.10 Å². The number of aliphatic hydroxyl groups excluding tert-OH is 2. The summed E-state index contributed by atoms with van der Waals surface area (Å²) in [6, 6.07) is -0.0984. The first-order valence-electron chi connectivity index (χ1n) is 3.44. The summed E-state index contributed by atoms with van der Waals surface area (Å²) in [7, 11) is 0. The number of nitrogens with one attached hydrogen (secondary N) is 1. The van der Waals surface area contributed by atoms with Gasteiger partial charge >= 0.3 is 0 Å². The summed E-state index contributed by atoms with van der Waals surface area (Å²) in [6.07, 6.45) is -0.694. The summed E-state index contributed by atoms with van der Waals surface area (Å²) in [4.78, 5) is 0. The molecule has 0 aliphatic carbocycles. The average Bonchev–Trinajstić information content (AvgIpc) is 2.05. The smallest absolute Gasteiger partial charge is 0.0945 e. The number of hydrogen-bond donors (Lipinski definition) is 3. The molecule has 1 rings (SSSR count). The zero-order chi connectivity index (χ0) is 7.40. The monoisotopic (exact) mass is 147 g/mol. The molecule has 2 atom stereocenters. The van der Waals surface area contributed by atoms with Gasteiger partial charge in [-0.25, -0.2) is 0 Å². The van der Waals surface area contributed by atoms with Gasteiger partial charge in [-0.3, -0.25) is 0 Å². The average molecular weight is 147 g/mol. The highest BCUT2D eigenvalue weighted by Gasteiger charge is 2.20. The molecule has 0 radical (unpaired) electrons. The first kappa shape index (κ1) is 7.94. The van der Waals surface area contributed by atoms with E-state index in [0.29, 0.717) is 13.2 Å². The third kappa shape index (κ3) is 1.91. The standard InChI is InChI=1S/C6H13NO3/c8-3-6(9)5-4-10-2-1-7-5/h5-9H,1-4H2/t5-,6+/m1/s1. The summed E-state index contributed by atoms with van der Waals surface area (Å²) < 4.78 is 5.07. The Morgan fingerprint density at radius 1 is 1.70 bits per heavy atom. The second-order valence-corrected chi connectivity index (χ2v) is 2.39. The van der Waals surface area contributed by atoms with Crippen LogP contribution in [0, 0.1) is 0 Å². The lowest BCUT2D eigenvalue weighted by atomic mass is 10.1. The Kier molecular flexibility index (Phi) is 3.08. The Labute approximate surface area is 59.8 Å². The van der Waals surface area contributed by atoms with Crippen LogP contribution in [0.15, 0.2) is 0 Å². The molecule has 1 heterocycles. The van der Waals surface area contributed by atoms with Crippen LogP contribution >= 0.6 is 0 Å². The lowest BCUT2D eigenvalue weighted by Crippen LogP contribution is -2.49. The van der Waals surface area contributed by atoms with Gasteiger partial charge < -0.3 is 20.3 Å². The van der Waals surface area contributed by atoms with E-state index in [2.05, 4.69) is 5.32 Å². The van der Waals surface area contributed by atoms with Gasteiger partial charge in [0.05, 0.1) is 32.0 Å². The second-order valence-electron chi connectivity index (χ2n) is 2.39. The lowest BCUT2D eigenvalue weighted by Gasteiger charge is -2.26. The molecule has 1 aliphatic heterocycles. The van der Waals surface area contributed by atoms with Gasteiger partial charge in [0, 0.05) is 6.54 Å². The van der Waals surface area contributed by atoms with Crippen molar-refractivity contribution in [3.8, 4) is 0 Å². The van der Waals surface area contributed by atoms with Crippen molar-refractivity contribution in [2.75, 3.05) is 26.4 Å². The number of morpholine rings is 1. The van der Waals surface area contributed by atoms with E-state index in [-0.39, 0.29) is 12.6 Å². The molecule has 0 aromatic carbocycles. The molecule has 1 saturated heterocycles. The van der Waals surface area contributed by atoms with Gasteiger partial charge in [0.25, 0.3) is 0 Å². The number of rotatable bonds is 2. The quantitative estimate of drug-likeness (QED) is 0.437. The Bertz CT molecular complexity index is 93.0. The van der Waals surface area contributed by atoms with Crippen molar-refractivity contribution in [1.29, 1.82) is 0 Å². The van der Waals surface area contributed by atoms with Crippen LogP contribution in [0.5, 0.6) is 0 Å². The molecule has 1 aliphatic rings. The second kappa shape index (κ2) is 3.88. The summed E-state index contributed by atoms with van der Waals surface area (Å²) in [5, 5.41) is 20.7. The Morgan fingerprint density at radius 3 is 3.00 bits per heavy atom. The highest BCUT2D eigenvalue weighted by molar-refractivity contribution is 4.77. The van der Waals surface area contributed by atoms with Crippen LogP contribution in [0.2, 0.25) is 0 Å². The first-order chi connectivity index (χ1) is 4.84. The Balaban J connectivity index is 2.24. The zero-order valence-corrected chi connectivity index (χ0v) is 5.79. The van der Waals surface area contributed by atoms with Gasteiger partial charge in [-0.1, -0.05) is 0 Å². The van der Waals surface area contributed by atoms with Gasteiger partial charge in [0.1, 0.15) is 0 Å². The number of hydrogen-bond acceptors (Lipinski definition) is 4. The van der Waals surface area contributed by atoms with Crippen molar-refractivity contribution < 1.29 is 14.9 Å². The predicted molar refractivity (Wildman–Crippen MR) is 35.7 cm³/mol. The molecule has 0 amide bonds. The molecule has 0 unspecified atom stereocenters. The van der Waals surface area contributed by atoms with E-state index in [1.165, 1.54) is 0 Å². The summed E-state index contributed by atoms with van der Waals surface area (Å²) in [5.74, 6) is 0. The van der Waals surface area contributed by atoms with E-state index in [1.807, 2.05) is 0 Å². The minimum Gasteiger partial charge on any atom is -0.394 e. The maximum Gasteiger partial charge on any atom is 0.0945 e. The molecule has 0 spiro atoms. The molecule has 10 heavy (non-hydrogen) atoms. The molecule has 3 N–H and O–H groups in total. The summed E-state index contributed by atoms with van der Waals surface area (Å²) in [6.45, 7) is 1.72. The van der Waals surface area contributed by atoms with Crippen LogP contribution in [0.4, 0.5) is 0 Å². The molecular weight excluding hydrogens is 134 g/mol. The van der Waals surface area contributed by atoms with Crippen molar-refractivity contribution >= 4 is 0 Å². The van der Waals surface area contributed by atoms with Crippen LogP contribution in [-0.4, -0.2) is 48.7 Å². The molecule has 0 bridgehead atoms. The fourth-order valence-corrected chi connectivity index (χ4v) is 0.960. The topological polar surface area (TPSA) is 61.7 Å². The minimum absolute atomic E-state index is 0.0984. The van der Waals surface area contributed by atoms with Crippen LogP contribution in [-0.2, 0) is 4.74 Å². The van der Waals surface area contributed by atoms with E-state index in [4.69, 9.17) is 14.9 Å². The van der Waals surface area contributed by atoms with Gasteiger partial charge in [0.2, 0.25) is 0 Å². The minimum atomic E-state index is -0.694. The molecule has 0 aromatic heterocycles. The van der Waals surface area contributed by atoms with Crippen LogP contribution < -0.4 is 5.32 Å². The SMILES string of the molecule is OC[C@H](O)[C@H]1COCCN1. The van der Waals surface area contributed by atoms with Crippen molar-refractivity contribution in [2.45, 2.75) is 12.1 Å². The molecule has 60 valence electrons. The fourth-order valence-electron chi connectivity index (χ4n) is 0.960. The van der Waals surface area contributed by atoms with Crippen molar-refractivity contribution in [2.24, 2.45) is 0 Å². The maximum absolute atomic E-state index is 9.09. The molecule has 1 fully saturated rings. The van der Waals surface area contributed by atoms with Gasteiger partial charge in [0.15, 0.2) is 0 Å². The third-order valence-electron chi connectivity index (χ3n) is 1.60. The van der Waals surface area contributed by atoms with E-state index >= 15 is 0 Å². The maximum atomic E-state index is 9.09.